The molecule has 0 heterocycles. The molecule has 6 nitrogen and oxygen atoms in total. The number of benzene rings is 4. The summed E-state index contributed by atoms with van der Waals surface area (Å²) in [5, 5.41) is 0. The summed E-state index contributed by atoms with van der Waals surface area (Å²) in [6.07, 6.45) is 0. The predicted octanol–water partition coefficient (Wildman–Crippen LogP) is 4.68. The van der Waals surface area contributed by atoms with Crippen LogP contribution in [0.15, 0.2) is 84.9 Å². The average Bonchev–Trinajstić information content (AvgIpc) is 2.90. The van der Waals surface area contributed by atoms with Gasteiger partial charge in [0.1, 0.15) is 0 Å². The van der Waals surface area contributed by atoms with E-state index in [-0.39, 0.29) is 23.1 Å². The Labute approximate surface area is 226 Å². The summed E-state index contributed by atoms with van der Waals surface area (Å²) in [7, 11) is 0. The topological polar surface area (TPSA) is 92.3 Å². The van der Waals surface area contributed by atoms with Crippen molar-refractivity contribution in [2.75, 3.05) is 0.658 Å². The van der Waals surface area contributed by atoms with Crippen LogP contribution in [0.3, 0.4) is 0 Å². The second-order valence-corrected chi connectivity index (χ2v) is 9.64. The summed E-state index contributed by atoms with van der Waals surface area (Å²) in [6, 6.07) is 24.0. The van der Waals surface area contributed by atoms with Gasteiger partial charge in [-0.3, -0.25) is 0 Å². The molecule has 2 aliphatic carbocycles. The Morgan fingerprint density at radius 2 is 0.743 bits per heavy atom. The number of hydrogen-bond donors (Lipinski definition) is 2. The molecule has 0 saturated carbocycles. The molecule has 0 unspecified atom stereocenters. The number of carbonyl (C=O) groups excluding carboxylic acids is 4. The molecule has 0 radical (unpaired) electrons. The molecule has 4 aromatic rings. The Bertz CT molecular complexity index is 1490. The van der Waals surface area contributed by atoms with Gasteiger partial charge in [-0.05, 0) is 0 Å². The van der Waals surface area contributed by atoms with Crippen molar-refractivity contribution in [3.05, 3.63) is 129 Å². The summed E-state index contributed by atoms with van der Waals surface area (Å²) in [5.41, 5.74) is 4.15. The van der Waals surface area contributed by atoms with E-state index in [4.69, 9.17) is 0 Å². The molecular formula is C28H16N2O4Xe. The van der Waals surface area contributed by atoms with E-state index >= 15 is 0 Å². The molecule has 0 atom stereocenters. The molecule has 7 heteroatoms. The standard InChI is InChI=1S/C28H16N2O4Xe/c31-25-15-7-1-3-9-17(15)27(33)23-19(25)11-5-13-21(23)29-35-30-22-14-6-12-20-24(22)28(34)18-10-4-2-8-16(18)26(20)32/h1-14,29-30H. The molecule has 2 aliphatic rings. The summed E-state index contributed by atoms with van der Waals surface area (Å²) < 4.78 is 6.53. The van der Waals surface area contributed by atoms with Crippen molar-refractivity contribution in [3.63, 3.8) is 0 Å². The van der Waals surface area contributed by atoms with Crippen LogP contribution in [0.1, 0.15) is 63.7 Å². The van der Waals surface area contributed by atoms with Gasteiger partial charge in [0.25, 0.3) is 0 Å². The van der Waals surface area contributed by atoms with Gasteiger partial charge in [0.15, 0.2) is 0 Å². The summed E-state index contributed by atoms with van der Waals surface area (Å²) in [5.74, 6) is -0.758. The van der Waals surface area contributed by atoms with Gasteiger partial charge in [0.05, 0.1) is 0 Å². The first kappa shape index (κ1) is 22.2. The van der Waals surface area contributed by atoms with Crippen molar-refractivity contribution in [2.24, 2.45) is 0 Å². The van der Waals surface area contributed by atoms with Crippen molar-refractivity contribution in [3.8, 4) is 0 Å². The summed E-state index contributed by atoms with van der Waals surface area (Å²) in [6.45, 7) is 0. The Morgan fingerprint density at radius 3 is 1.14 bits per heavy atom. The van der Waals surface area contributed by atoms with E-state index in [0.717, 1.165) is 0 Å². The molecule has 0 spiro atoms. The van der Waals surface area contributed by atoms with Gasteiger partial charge < -0.3 is 0 Å². The fourth-order valence-electron chi connectivity index (χ4n) is 4.55. The first-order valence-electron chi connectivity index (χ1n) is 10.8. The summed E-state index contributed by atoms with van der Waals surface area (Å²) in [4.78, 5) is 52.4. The summed E-state index contributed by atoms with van der Waals surface area (Å²) >= 11 is -0.786. The van der Waals surface area contributed by atoms with Crippen LogP contribution in [0.2, 0.25) is 0 Å². The number of anilines is 2. The van der Waals surface area contributed by atoms with E-state index in [1.54, 1.807) is 84.9 Å². The second-order valence-electron chi connectivity index (χ2n) is 8.13. The molecule has 35 heavy (non-hydrogen) atoms. The predicted molar refractivity (Wildman–Crippen MR) is 127 cm³/mol. The fraction of sp³-hybridized carbons (Fsp3) is 0. The first-order chi connectivity index (χ1) is 17.1. The third-order valence-corrected chi connectivity index (χ3v) is 7.78. The van der Waals surface area contributed by atoms with E-state index in [0.29, 0.717) is 55.9 Å². The van der Waals surface area contributed by atoms with E-state index in [9.17, 15) is 19.2 Å². The van der Waals surface area contributed by atoms with Crippen molar-refractivity contribution in [1.29, 1.82) is 0 Å². The molecule has 4 aromatic carbocycles. The van der Waals surface area contributed by atoms with Crippen molar-refractivity contribution >= 4 is 34.5 Å². The minimum atomic E-state index is -0.786. The van der Waals surface area contributed by atoms with E-state index in [2.05, 4.69) is 0.658 Å². The number of rotatable bonds is 4. The van der Waals surface area contributed by atoms with Gasteiger partial charge in [-0.25, -0.2) is 0 Å². The average molecular weight is 576 g/mol. The molecule has 0 saturated heterocycles. The van der Waals surface area contributed by atoms with Crippen molar-refractivity contribution in [2.45, 2.75) is 0 Å². The third-order valence-electron chi connectivity index (χ3n) is 6.18. The van der Waals surface area contributed by atoms with Crippen LogP contribution < -0.4 is 0.658 Å². The zero-order valence-electron chi connectivity index (χ0n) is 18.1. The van der Waals surface area contributed by atoms with Crippen LogP contribution in [0.25, 0.3) is 0 Å². The fourth-order valence-corrected chi connectivity index (χ4v) is 6.07. The van der Waals surface area contributed by atoms with Gasteiger partial charge in [-0.15, -0.1) is 0 Å². The number of ketones is 4. The van der Waals surface area contributed by atoms with Gasteiger partial charge in [-0.1, -0.05) is 0 Å². The minimum absolute atomic E-state index is 0.178. The Balaban J connectivity index is 1.29. The first-order valence-corrected chi connectivity index (χ1v) is 12.8. The van der Waals surface area contributed by atoms with Crippen LogP contribution >= 0.6 is 0 Å². The molecule has 0 amide bonds. The van der Waals surface area contributed by atoms with Gasteiger partial charge in [0.2, 0.25) is 0 Å². The number of fused-ring (bicyclic) bond motifs is 4. The van der Waals surface area contributed by atoms with Crippen LogP contribution in [0.4, 0.5) is 11.4 Å². The third kappa shape index (κ3) is 3.53. The number of nitrogens with one attached hydrogen (secondary N) is 2. The second kappa shape index (κ2) is 8.75. The molecule has 2 N–H and O–H groups in total. The molecule has 0 bridgehead atoms. The molecule has 0 aromatic heterocycles. The Hall–Kier alpha value is -3.27. The van der Waals surface area contributed by atoms with Crippen LogP contribution in [0.5, 0.6) is 0 Å². The van der Waals surface area contributed by atoms with Crippen LogP contribution in [0, 0.1) is 45.1 Å². The van der Waals surface area contributed by atoms with E-state index < -0.39 is 45.1 Å². The maximum absolute atomic E-state index is 13.2. The maximum atomic E-state index is 13.2. The number of carbonyl (C=O) groups is 4. The quantitative estimate of drug-likeness (QED) is 0.317. The molecule has 0 fully saturated rings. The zero-order chi connectivity index (χ0) is 24.1. The van der Waals surface area contributed by atoms with Crippen molar-refractivity contribution in [1.82, 2.24) is 0 Å². The monoisotopic (exact) mass is 576 g/mol. The molecule has 6 rings (SSSR count). The SMILES string of the molecule is O=C1c2ccccc2C(=O)c2c(N[Xe]Nc3cccc4c3C(=O)c3ccccc3C4=O)cccc21. The van der Waals surface area contributed by atoms with Crippen LogP contribution in [-0.4, -0.2) is 23.1 Å². The van der Waals surface area contributed by atoms with E-state index in [1.807, 2.05) is 0 Å². The Kier molecular flexibility index (Phi) is 5.55. The van der Waals surface area contributed by atoms with Gasteiger partial charge in [-0.2, -0.15) is 0 Å². The molecule has 170 valence electrons. The van der Waals surface area contributed by atoms with Crippen LogP contribution in [-0.2, 0) is 0 Å². The van der Waals surface area contributed by atoms with Gasteiger partial charge >= 0.3 is 229 Å². The Morgan fingerprint density at radius 1 is 0.400 bits per heavy atom. The van der Waals surface area contributed by atoms with Gasteiger partial charge in [0, 0.05) is 0 Å². The van der Waals surface area contributed by atoms with Crippen molar-refractivity contribution < 1.29 is 64.2 Å². The van der Waals surface area contributed by atoms with E-state index in [1.165, 1.54) is 0 Å². The number of hydrogen-bond acceptors (Lipinski definition) is 6. The molecule has 0 aliphatic heterocycles. The normalized spacial score (nSPS) is 13.6. The zero-order valence-corrected chi connectivity index (χ0v) is 20.1. The molecular weight excluding hydrogens is 560 g/mol.